The maximum Gasteiger partial charge on any atom is 0.323 e. The summed E-state index contributed by atoms with van der Waals surface area (Å²) in [5.41, 5.74) is 0.214. The Morgan fingerprint density at radius 3 is 2.35 bits per heavy atom. The van der Waals surface area contributed by atoms with E-state index in [0.717, 1.165) is 6.07 Å². The Morgan fingerprint density at radius 2 is 1.78 bits per heavy atom. The van der Waals surface area contributed by atoms with Gasteiger partial charge in [0.05, 0.1) is 23.8 Å². The van der Waals surface area contributed by atoms with Gasteiger partial charge in [-0.3, -0.25) is 10.1 Å². The highest BCUT2D eigenvalue weighted by Gasteiger charge is 2.13. The fourth-order valence-electron chi connectivity index (χ4n) is 1.85. The monoisotopic (exact) mass is 319 g/mol. The molecule has 0 aliphatic rings. The maximum absolute atomic E-state index is 11.9. The second-order valence-electron chi connectivity index (χ2n) is 4.46. The van der Waals surface area contributed by atoms with Gasteiger partial charge in [0, 0.05) is 30.0 Å². The number of ether oxygens (including phenoxy) is 1. The van der Waals surface area contributed by atoms with E-state index in [1.54, 1.807) is 0 Å². The number of phenols is 2. The number of carbonyl (C=O) groups excluding carboxylic acids is 1. The molecule has 0 saturated heterocycles. The molecule has 0 heterocycles. The van der Waals surface area contributed by atoms with Crippen molar-refractivity contribution in [2.24, 2.45) is 0 Å². The molecule has 0 spiro atoms. The molecule has 2 amide bonds. The molecule has 2 rings (SSSR count). The highest BCUT2D eigenvalue weighted by atomic mass is 16.6. The molecule has 0 aromatic heterocycles. The van der Waals surface area contributed by atoms with Gasteiger partial charge < -0.3 is 25.6 Å². The van der Waals surface area contributed by atoms with Crippen LogP contribution in [0.25, 0.3) is 0 Å². The van der Waals surface area contributed by atoms with Gasteiger partial charge >= 0.3 is 6.03 Å². The number of carbonyl (C=O) groups is 1. The molecule has 9 heteroatoms. The lowest BCUT2D eigenvalue weighted by Gasteiger charge is -2.11. The van der Waals surface area contributed by atoms with Crippen LogP contribution in [0.15, 0.2) is 36.4 Å². The van der Waals surface area contributed by atoms with E-state index in [-0.39, 0.29) is 34.3 Å². The zero-order valence-electron chi connectivity index (χ0n) is 11.9. The van der Waals surface area contributed by atoms with Crippen LogP contribution in [-0.2, 0) is 0 Å². The summed E-state index contributed by atoms with van der Waals surface area (Å²) in [6.45, 7) is 0. The molecular formula is C14H13N3O6. The minimum atomic E-state index is -0.679. The lowest BCUT2D eigenvalue weighted by Crippen LogP contribution is -2.19. The summed E-state index contributed by atoms with van der Waals surface area (Å²) in [7, 11) is 1.31. The summed E-state index contributed by atoms with van der Waals surface area (Å²) in [6, 6.07) is 6.65. The molecule has 0 bridgehead atoms. The summed E-state index contributed by atoms with van der Waals surface area (Å²) >= 11 is 0. The van der Waals surface area contributed by atoms with Crippen molar-refractivity contribution in [3.63, 3.8) is 0 Å². The number of anilines is 2. The molecule has 0 aliphatic heterocycles. The summed E-state index contributed by atoms with van der Waals surface area (Å²) in [6.07, 6.45) is 0. The highest BCUT2D eigenvalue weighted by Crippen LogP contribution is 2.29. The number of nitrogens with one attached hydrogen (secondary N) is 2. The van der Waals surface area contributed by atoms with Gasteiger partial charge in [-0.05, 0) is 6.07 Å². The highest BCUT2D eigenvalue weighted by molar-refractivity contribution is 6.01. The van der Waals surface area contributed by atoms with E-state index in [4.69, 9.17) is 4.74 Å². The molecule has 0 radical (unpaired) electrons. The number of amides is 2. The van der Waals surface area contributed by atoms with Crippen LogP contribution in [0.1, 0.15) is 0 Å². The second kappa shape index (κ2) is 6.52. The van der Waals surface area contributed by atoms with Crippen LogP contribution in [0, 0.1) is 10.1 Å². The predicted octanol–water partition coefficient (Wildman–Crippen LogP) is 2.66. The zero-order chi connectivity index (χ0) is 17.0. The van der Waals surface area contributed by atoms with Crippen LogP contribution in [0.3, 0.4) is 0 Å². The van der Waals surface area contributed by atoms with Gasteiger partial charge in [0.15, 0.2) is 0 Å². The quantitative estimate of drug-likeness (QED) is 0.505. The van der Waals surface area contributed by atoms with Crippen molar-refractivity contribution in [3.05, 3.63) is 46.5 Å². The lowest BCUT2D eigenvalue weighted by atomic mass is 10.2. The number of rotatable bonds is 4. The number of nitro groups is 1. The molecule has 120 valence electrons. The molecular weight excluding hydrogens is 306 g/mol. The number of hydrogen-bond acceptors (Lipinski definition) is 6. The largest absolute Gasteiger partial charge is 0.508 e. The average molecular weight is 319 g/mol. The van der Waals surface area contributed by atoms with Crippen LogP contribution in [-0.4, -0.2) is 28.3 Å². The van der Waals surface area contributed by atoms with Crippen molar-refractivity contribution in [2.75, 3.05) is 17.7 Å². The van der Waals surface area contributed by atoms with E-state index in [1.165, 1.54) is 37.4 Å². The van der Waals surface area contributed by atoms with Gasteiger partial charge in [-0.15, -0.1) is 0 Å². The number of nitrogens with zero attached hydrogens (tertiary/aromatic N) is 1. The second-order valence-corrected chi connectivity index (χ2v) is 4.46. The van der Waals surface area contributed by atoms with Gasteiger partial charge in [0.2, 0.25) is 0 Å². The fourth-order valence-corrected chi connectivity index (χ4v) is 1.85. The van der Waals surface area contributed by atoms with E-state index < -0.39 is 11.0 Å². The number of phenolic OH excluding ortho intramolecular Hbond substituents is 2. The van der Waals surface area contributed by atoms with Gasteiger partial charge in [0.1, 0.15) is 17.2 Å². The third-order valence-electron chi connectivity index (χ3n) is 2.80. The summed E-state index contributed by atoms with van der Waals surface area (Å²) in [4.78, 5) is 22.0. The van der Waals surface area contributed by atoms with Crippen molar-refractivity contribution >= 4 is 23.1 Å². The van der Waals surface area contributed by atoms with Gasteiger partial charge in [-0.2, -0.15) is 0 Å². The molecule has 9 nitrogen and oxygen atoms in total. The minimum absolute atomic E-state index is 0.119. The normalized spacial score (nSPS) is 9.96. The Balaban J connectivity index is 2.15. The zero-order valence-corrected chi connectivity index (χ0v) is 11.9. The Labute approximate surface area is 130 Å². The van der Waals surface area contributed by atoms with Crippen LogP contribution >= 0.6 is 0 Å². The van der Waals surface area contributed by atoms with Crippen molar-refractivity contribution in [1.29, 1.82) is 0 Å². The molecule has 2 aromatic rings. The molecule has 23 heavy (non-hydrogen) atoms. The summed E-state index contributed by atoms with van der Waals surface area (Å²) < 4.78 is 5.00. The van der Waals surface area contributed by atoms with E-state index >= 15 is 0 Å². The maximum atomic E-state index is 11.9. The summed E-state index contributed by atoms with van der Waals surface area (Å²) in [5.74, 6) is -0.311. The topological polar surface area (TPSA) is 134 Å². The standard InChI is InChI=1S/C14H13N3O6/c1-23-13-6-9(17(21)22)2-3-12(13)16-14(20)15-8-4-10(18)7-11(19)5-8/h2-7,18-19H,1H3,(H2,15,16,20). The van der Waals surface area contributed by atoms with E-state index in [0.29, 0.717) is 0 Å². The first-order chi connectivity index (χ1) is 10.9. The van der Waals surface area contributed by atoms with Crippen LogP contribution < -0.4 is 15.4 Å². The van der Waals surface area contributed by atoms with Crippen molar-refractivity contribution in [2.45, 2.75) is 0 Å². The average Bonchev–Trinajstić information content (AvgIpc) is 2.46. The Hall–Kier alpha value is -3.49. The first-order valence-corrected chi connectivity index (χ1v) is 6.32. The smallest absolute Gasteiger partial charge is 0.323 e. The van der Waals surface area contributed by atoms with Gasteiger partial charge in [0.25, 0.3) is 5.69 Å². The molecule has 0 fully saturated rings. The van der Waals surface area contributed by atoms with Gasteiger partial charge in [-0.1, -0.05) is 0 Å². The Bertz CT molecular complexity index is 742. The molecule has 4 N–H and O–H groups in total. The number of nitro benzene ring substituents is 1. The number of benzene rings is 2. The van der Waals surface area contributed by atoms with Crippen molar-refractivity contribution < 1.29 is 24.7 Å². The number of aromatic hydroxyl groups is 2. The molecule has 0 atom stereocenters. The number of non-ortho nitro benzene ring substituents is 1. The molecule has 0 saturated carbocycles. The van der Waals surface area contributed by atoms with Crippen LogP contribution in [0.2, 0.25) is 0 Å². The molecule has 0 aliphatic carbocycles. The first-order valence-electron chi connectivity index (χ1n) is 6.32. The fraction of sp³-hybridized carbons (Fsp3) is 0.0714. The number of methoxy groups -OCH3 is 1. The molecule has 0 unspecified atom stereocenters. The van der Waals surface area contributed by atoms with Crippen molar-refractivity contribution in [3.8, 4) is 17.2 Å². The minimum Gasteiger partial charge on any atom is -0.508 e. The first kappa shape index (κ1) is 15.9. The SMILES string of the molecule is COc1cc([N+](=O)[O-])ccc1NC(=O)Nc1cc(O)cc(O)c1. The predicted molar refractivity (Wildman–Crippen MR) is 82.1 cm³/mol. The van der Waals surface area contributed by atoms with Crippen LogP contribution in [0.5, 0.6) is 17.2 Å². The third kappa shape index (κ3) is 4.00. The summed E-state index contributed by atoms with van der Waals surface area (Å²) in [5, 5.41) is 34.3. The third-order valence-corrected chi connectivity index (χ3v) is 2.80. The van der Waals surface area contributed by atoms with E-state index in [1.807, 2.05) is 0 Å². The number of hydrogen-bond donors (Lipinski definition) is 4. The lowest BCUT2D eigenvalue weighted by molar-refractivity contribution is -0.384. The van der Waals surface area contributed by atoms with E-state index in [9.17, 15) is 25.1 Å². The Kier molecular flexibility index (Phi) is 4.50. The molecule has 2 aromatic carbocycles. The van der Waals surface area contributed by atoms with Crippen LogP contribution in [0.4, 0.5) is 21.9 Å². The van der Waals surface area contributed by atoms with Crippen molar-refractivity contribution in [1.82, 2.24) is 0 Å². The van der Waals surface area contributed by atoms with E-state index in [2.05, 4.69) is 10.6 Å². The Morgan fingerprint density at radius 1 is 1.13 bits per heavy atom. The number of urea groups is 1. The van der Waals surface area contributed by atoms with Gasteiger partial charge in [-0.25, -0.2) is 4.79 Å².